The van der Waals surface area contributed by atoms with Gasteiger partial charge in [-0.15, -0.1) is 0 Å². The van der Waals surface area contributed by atoms with Crippen LogP contribution in [0.3, 0.4) is 0 Å². The molecule has 0 saturated heterocycles. The van der Waals surface area contributed by atoms with E-state index in [0.29, 0.717) is 12.0 Å². The Morgan fingerprint density at radius 2 is 1.85 bits per heavy atom. The molecule has 1 aromatic carbocycles. The second-order valence-electron chi connectivity index (χ2n) is 6.26. The Labute approximate surface area is 132 Å². The lowest BCUT2D eigenvalue weighted by atomic mass is 9.94. The van der Waals surface area contributed by atoms with Crippen molar-refractivity contribution in [1.29, 1.82) is 0 Å². The van der Waals surface area contributed by atoms with Crippen molar-refractivity contribution in [1.82, 2.24) is 4.90 Å². The van der Waals surface area contributed by atoms with Gasteiger partial charge in [-0.3, -0.25) is 4.90 Å². The minimum Gasteiger partial charge on any atom is -0.326 e. The normalized spacial score (nSPS) is 15.1. The second-order valence-corrected chi connectivity index (χ2v) is 7.17. The lowest BCUT2D eigenvalue weighted by Gasteiger charge is -2.39. The minimum atomic E-state index is 0.158. The summed E-state index contributed by atoms with van der Waals surface area (Å²) in [6.45, 7) is 12.3. The van der Waals surface area contributed by atoms with Gasteiger partial charge in [-0.25, -0.2) is 0 Å². The maximum absolute atomic E-state index is 6.46. The number of nitrogens with zero attached hydrogens (tertiary/aromatic N) is 1. The molecule has 2 nitrogen and oxygen atoms in total. The lowest BCUT2D eigenvalue weighted by Crippen LogP contribution is -2.45. The molecule has 0 aliphatic rings. The highest BCUT2D eigenvalue weighted by Gasteiger charge is 2.28. The summed E-state index contributed by atoms with van der Waals surface area (Å²) < 4.78 is 1.12. The molecule has 0 heterocycles. The third kappa shape index (κ3) is 4.87. The molecule has 0 aromatic heterocycles. The van der Waals surface area contributed by atoms with Crippen molar-refractivity contribution < 1.29 is 0 Å². The number of hydrogen-bond donors (Lipinski definition) is 1. The van der Waals surface area contributed by atoms with Crippen LogP contribution in [0.15, 0.2) is 28.7 Å². The Hall–Kier alpha value is -0.380. The SMILES string of the molecule is CCC(N)C(c1cccc(Br)c1)N(CC(C)C)C(C)C. The molecule has 0 spiro atoms. The zero-order chi connectivity index (χ0) is 15.3. The van der Waals surface area contributed by atoms with Gasteiger partial charge in [0.25, 0.3) is 0 Å². The molecular weight excluding hydrogens is 312 g/mol. The van der Waals surface area contributed by atoms with Gasteiger partial charge in [-0.1, -0.05) is 48.8 Å². The molecule has 0 aliphatic carbocycles. The van der Waals surface area contributed by atoms with Crippen LogP contribution in [-0.4, -0.2) is 23.5 Å². The number of halogens is 1. The van der Waals surface area contributed by atoms with E-state index in [4.69, 9.17) is 5.73 Å². The van der Waals surface area contributed by atoms with Gasteiger partial charge in [0.1, 0.15) is 0 Å². The Kier molecular flexibility index (Phi) is 7.21. The molecule has 2 atom stereocenters. The largest absolute Gasteiger partial charge is 0.326 e. The first-order valence-corrected chi connectivity index (χ1v) is 8.42. The van der Waals surface area contributed by atoms with Crippen LogP contribution in [0.25, 0.3) is 0 Å². The zero-order valence-corrected chi connectivity index (χ0v) is 15.0. The van der Waals surface area contributed by atoms with Crippen LogP contribution in [-0.2, 0) is 0 Å². The summed E-state index contributed by atoms with van der Waals surface area (Å²) in [6, 6.07) is 9.49. The van der Waals surface area contributed by atoms with E-state index in [1.807, 2.05) is 0 Å². The summed E-state index contributed by atoms with van der Waals surface area (Å²) in [4.78, 5) is 2.54. The molecule has 20 heavy (non-hydrogen) atoms. The van der Waals surface area contributed by atoms with Gasteiger partial charge in [0.2, 0.25) is 0 Å². The molecular formula is C17H29BrN2. The monoisotopic (exact) mass is 340 g/mol. The van der Waals surface area contributed by atoms with Crippen molar-refractivity contribution in [2.24, 2.45) is 11.7 Å². The fraction of sp³-hybridized carbons (Fsp3) is 0.647. The predicted octanol–water partition coefficient (Wildman–Crippen LogP) is 4.59. The maximum Gasteiger partial charge on any atom is 0.0502 e. The lowest BCUT2D eigenvalue weighted by molar-refractivity contribution is 0.114. The van der Waals surface area contributed by atoms with Gasteiger partial charge in [0.05, 0.1) is 6.04 Å². The molecule has 0 aliphatic heterocycles. The molecule has 2 unspecified atom stereocenters. The molecule has 1 rings (SSSR count). The van der Waals surface area contributed by atoms with Gasteiger partial charge in [-0.2, -0.15) is 0 Å². The average Bonchev–Trinajstić information content (AvgIpc) is 2.37. The minimum absolute atomic E-state index is 0.158. The molecule has 2 N–H and O–H groups in total. The summed E-state index contributed by atoms with van der Waals surface area (Å²) in [5.74, 6) is 0.635. The summed E-state index contributed by atoms with van der Waals surface area (Å²) in [6.07, 6.45) is 0.985. The summed E-state index contributed by atoms with van der Waals surface area (Å²) in [5, 5.41) is 0. The number of rotatable bonds is 7. The van der Waals surface area contributed by atoms with Gasteiger partial charge >= 0.3 is 0 Å². The number of nitrogens with two attached hydrogens (primary N) is 1. The van der Waals surface area contributed by atoms with E-state index in [9.17, 15) is 0 Å². The first-order chi connectivity index (χ1) is 9.36. The van der Waals surface area contributed by atoms with Crippen molar-refractivity contribution >= 4 is 15.9 Å². The van der Waals surface area contributed by atoms with E-state index in [2.05, 4.69) is 79.7 Å². The van der Waals surface area contributed by atoms with E-state index in [-0.39, 0.29) is 12.1 Å². The van der Waals surface area contributed by atoms with Crippen LogP contribution >= 0.6 is 15.9 Å². The summed E-state index contributed by atoms with van der Waals surface area (Å²) >= 11 is 3.58. The number of hydrogen-bond acceptors (Lipinski definition) is 2. The molecule has 0 amide bonds. The highest BCUT2D eigenvalue weighted by Crippen LogP contribution is 2.29. The molecule has 0 fully saturated rings. The fourth-order valence-electron chi connectivity index (χ4n) is 2.67. The highest BCUT2D eigenvalue weighted by molar-refractivity contribution is 9.10. The van der Waals surface area contributed by atoms with Gasteiger partial charge in [-0.05, 0) is 43.9 Å². The van der Waals surface area contributed by atoms with E-state index < -0.39 is 0 Å². The quantitative estimate of drug-likeness (QED) is 0.786. The zero-order valence-electron chi connectivity index (χ0n) is 13.4. The molecule has 0 radical (unpaired) electrons. The molecule has 114 valence electrons. The third-order valence-electron chi connectivity index (χ3n) is 3.66. The highest BCUT2D eigenvalue weighted by atomic mass is 79.9. The van der Waals surface area contributed by atoms with Crippen molar-refractivity contribution in [3.8, 4) is 0 Å². The Bertz CT molecular complexity index is 404. The van der Waals surface area contributed by atoms with Crippen molar-refractivity contribution in [2.75, 3.05) is 6.54 Å². The van der Waals surface area contributed by atoms with Crippen LogP contribution in [0.5, 0.6) is 0 Å². The van der Waals surface area contributed by atoms with Crippen LogP contribution in [0.4, 0.5) is 0 Å². The first kappa shape index (κ1) is 17.7. The van der Waals surface area contributed by atoms with Crippen molar-refractivity contribution in [3.05, 3.63) is 34.3 Å². The predicted molar refractivity (Wildman–Crippen MR) is 91.8 cm³/mol. The Morgan fingerprint density at radius 1 is 1.20 bits per heavy atom. The Balaban J connectivity index is 3.15. The summed E-state index contributed by atoms with van der Waals surface area (Å²) in [7, 11) is 0. The van der Waals surface area contributed by atoms with E-state index in [1.165, 1.54) is 5.56 Å². The smallest absolute Gasteiger partial charge is 0.0502 e. The topological polar surface area (TPSA) is 29.3 Å². The maximum atomic E-state index is 6.46. The second kappa shape index (κ2) is 8.16. The van der Waals surface area contributed by atoms with Gasteiger partial charge in [0.15, 0.2) is 0 Å². The van der Waals surface area contributed by atoms with Gasteiger partial charge in [0, 0.05) is 23.1 Å². The number of benzene rings is 1. The molecule has 0 saturated carbocycles. The van der Waals surface area contributed by atoms with Crippen molar-refractivity contribution in [3.63, 3.8) is 0 Å². The van der Waals surface area contributed by atoms with E-state index in [0.717, 1.165) is 17.4 Å². The standard InChI is InChI=1S/C17H29BrN2/c1-6-16(19)17(14-8-7-9-15(18)10-14)20(13(4)5)11-12(2)3/h7-10,12-13,16-17H,6,11,19H2,1-5H3. The molecule has 3 heteroatoms. The van der Waals surface area contributed by atoms with E-state index >= 15 is 0 Å². The van der Waals surface area contributed by atoms with Crippen LogP contribution in [0.2, 0.25) is 0 Å². The van der Waals surface area contributed by atoms with Crippen LogP contribution in [0.1, 0.15) is 52.6 Å². The Morgan fingerprint density at radius 3 is 2.30 bits per heavy atom. The van der Waals surface area contributed by atoms with Crippen LogP contribution < -0.4 is 5.73 Å². The molecule has 0 bridgehead atoms. The molecule has 1 aromatic rings. The summed E-state index contributed by atoms with van der Waals surface area (Å²) in [5.41, 5.74) is 7.77. The van der Waals surface area contributed by atoms with Crippen LogP contribution in [0, 0.1) is 5.92 Å². The van der Waals surface area contributed by atoms with Crippen molar-refractivity contribution in [2.45, 2.75) is 59.2 Å². The fourth-order valence-corrected chi connectivity index (χ4v) is 3.08. The first-order valence-electron chi connectivity index (χ1n) is 7.63. The van der Waals surface area contributed by atoms with Gasteiger partial charge < -0.3 is 5.73 Å². The average molecular weight is 341 g/mol. The van der Waals surface area contributed by atoms with E-state index in [1.54, 1.807) is 0 Å². The third-order valence-corrected chi connectivity index (χ3v) is 4.16.